The first-order chi connectivity index (χ1) is 10.0. The molecule has 0 spiro atoms. The molecular weight excluding hydrogens is 312 g/mol. The average Bonchev–Trinajstić information content (AvgIpc) is 3.12. The summed E-state index contributed by atoms with van der Waals surface area (Å²) in [6, 6.07) is -0.0721. The van der Waals surface area contributed by atoms with Gasteiger partial charge in [0, 0.05) is 17.8 Å². The molecule has 3 heterocycles. The van der Waals surface area contributed by atoms with Crippen LogP contribution in [0.15, 0.2) is 5.38 Å². The Morgan fingerprint density at radius 1 is 1.52 bits per heavy atom. The highest BCUT2D eigenvalue weighted by molar-refractivity contribution is 7.89. The summed E-state index contributed by atoms with van der Waals surface area (Å²) in [5, 5.41) is 2.99. The summed E-state index contributed by atoms with van der Waals surface area (Å²) in [6.07, 6.45) is -0.110. The lowest BCUT2D eigenvalue weighted by Crippen LogP contribution is -2.39. The van der Waals surface area contributed by atoms with Gasteiger partial charge < -0.3 is 9.47 Å². The zero-order valence-electron chi connectivity index (χ0n) is 12.2. The summed E-state index contributed by atoms with van der Waals surface area (Å²) in [4.78, 5) is 4.37. The van der Waals surface area contributed by atoms with E-state index in [4.69, 9.17) is 9.47 Å². The molecule has 0 N–H and O–H groups in total. The summed E-state index contributed by atoms with van der Waals surface area (Å²) in [7, 11) is -3.20. The highest BCUT2D eigenvalue weighted by atomic mass is 32.2. The van der Waals surface area contributed by atoms with Gasteiger partial charge >= 0.3 is 0 Å². The maximum Gasteiger partial charge on any atom is 0.214 e. The summed E-state index contributed by atoms with van der Waals surface area (Å²) >= 11 is 1.59. The molecule has 8 heteroatoms. The van der Waals surface area contributed by atoms with E-state index in [1.54, 1.807) is 22.6 Å². The van der Waals surface area contributed by atoms with Gasteiger partial charge in [-0.1, -0.05) is 0 Å². The third-order valence-electron chi connectivity index (χ3n) is 4.13. The number of aromatic nitrogens is 1. The number of nitrogens with zero attached hydrogens (tertiary/aromatic N) is 2. The second kappa shape index (κ2) is 5.92. The van der Waals surface area contributed by atoms with Crippen LogP contribution in [0.2, 0.25) is 0 Å². The third-order valence-corrected chi connectivity index (χ3v) is 6.82. The first-order valence-electron chi connectivity index (χ1n) is 7.11. The number of hydrogen-bond acceptors (Lipinski definition) is 6. The summed E-state index contributed by atoms with van der Waals surface area (Å²) in [5.74, 6) is 0.250. The van der Waals surface area contributed by atoms with Crippen LogP contribution in [0.5, 0.6) is 0 Å². The van der Waals surface area contributed by atoms with Crippen molar-refractivity contribution in [3.8, 4) is 0 Å². The number of fused-ring (bicyclic) bond motifs is 1. The number of ether oxygens (including phenoxy) is 2. The standard InChI is InChI=1S/C13H20N2O4S2/c1-3-21(16,17)15-4-13(11-6-18-7-12(11)15)19-5-10-8-20-9(2)14-10/h8,11-13H,3-7H2,1-2H3/t11-,12+,13+/m1/s1. The van der Waals surface area contributed by atoms with Gasteiger partial charge in [-0.15, -0.1) is 11.3 Å². The quantitative estimate of drug-likeness (QED) is 0.805. The lowest BCUT2D eigenvalue weighted by atomic mass is 10.0. The molecule has 0 aliphatic carbocycles. The Labute approximate surface area is 129 Å². The van der Waals surface area contributed by atoms with Gasteiger partial charge in [0.1, 0.15) is 0 Å². The van der Waals surface area contributed by atoms with Gasteiger partial charge in [0.25, 0.3) is 0 Å². The Balaban J connectivity index is 1.69. The van der Waals surface area contributed by atoms with Crippen molar-refractivity contribution >= 4 is 21.4 Å². The molecule has 1 aromatic heterocycles. The van der Waals surface area contributed by atoms with E-state index >= 15 is 0 Å². The van der Waals surface area contributed by atoms with Crippen molar-refractivity contribution in [1.29, 1.82) is 0 Å². The van der Waals surface area contributed by atoms with Gasteiger partial charge in [-0.3, -0.25) is 0 Å². The van der Waals surface area contributed by atoms with E-state index in [2.05, 4.69) is 4.98 Å². The van der Waals surface area contributed by atoms with E-state index in [9.17, 15) is 8.42 Å². The van der Waals surface area contributed by atoms with Crippen LogP contribution in [0.25, 0.3) is 0 Å². The van der Waals surface area contributed by atoms with Gasteiger partial charge in [-0.25, -0.2) is 13.4 Å². The molecule has 1 aromatic rings. The molecule has 0 unspecified atom stereocenters. The molecule has 3 rings (SSSR count). The summed E-state index contributed by atoms with van der Waals surface area (Å²) in [5.41, 5.74) is 0.907. The normalized spacial score (nSPS) is 29.9. The van der Waals surface area contributed by atoms with Crippen LogP contribution in [0.3, 0.4) is 0 Å². The molecule has 6 nitrogen and oxygen atoms in total. The fourth-order valence-corrected chi connectivity index (χ4v) is 4.92. The Bertz CT molecular complexity index is 601. The number of aryl methyl sites for hydroxylation is 1. The molecule has 3 atom stereocenters. The van der Waals surface area contributed by atoms with Crippen molar-refractivity contribution in [3.63, 3.8) is 0 Å². The van der Waals surface area contributed by atoms with Crippen molar-refractivity contribution in [1.82, 2.24) is 9.29 Å². The van der Waals surface area contributed by atoms with E-state index in [0.717, 1.165) is 10.7 Å². The van der Waals surface area contributed by atoms with Crippen LogP contribution in [-0.2, 0) is 26.1 Å². The van der Waals surface area contributed by atoms with Crippen LogP contribution < -0.4 is 0 Å². The molecule has 2 saturated heterocycles. The topological polar surface area (TPSA) is 68.7 Å². The van der Waals surface area contributed by atoms with E-state index in [1.165, 1.54) is 0 Å². The minimum atomic E-state index is -3.20. The highest BCUT2D eigenvalue weighted by Crippen LogP contribution is 2.34. The smallest absolute Gasteiger partial charge is 0.214 e. The van der Waals surface area contributed by atoms with Crippen molar-refractivity contribution in [2.45, 2.75) is 32.6 Å². The number of thiazole rings is 1. The van der Waals surface area contributed by atoms with Crippen LogP contribution >= 0.6 is 11.3 Å². The lowest BCUT2D eigenvalue weighted by Gasteiger charge is -2.20. The minimum absolute atomic E-state index is 0.0721. The van der Waals surface area contributed by atoms with Crippen molar-refractivity contribution in [2.24, 2.45) is 5.92 Å². The third kappa shape index (κ3) is 3.00. The van der Waals surface area contributed by atoms with Gasteiger partial charge in [-0.2, -0.15) is 4.31 Å². The number of sulfonamides is 1. The Kier molecular flexibility index (Phi) is 4.33. The van der Waals surface area contributed by atoms with Gasteiger partial charge in [-0.05, 0) is 13.8 Å². The Morgan fingerprint density at radius 2 is 2.33 bits per heavy atom. The second-order valence-corrected chi connectivity index (χ2v) is 8.72. The van der Waals surface area contributed by atoms with E-state index in [1.807, 2.05) is 12.3 Å². The van der Waals surface area contributed by atoms with Gasteiger partial charge in [0.2, 0.25) is 10.0 Å². The molecule has 2 fully saturated rings. The van der Waals surface area contributed by atoms with Gasteiger partial charge in [0.15, 0.2) is 0 Å². The van der Waals surface area contributed by atoms with E-state index < -0.39 is 10.0 Å². The molecule has 0 saturated carbocycles. The van der Waals surface area contributed by atoms with E-state index in [0.29, 0.717) is 26.4 Å². The fourth-order valence-electron chi connectivity index (χ4n) is 2.99. The Morgan fingerprint density at radius 3 is 3.00 bits per heavy atom. The molecule has 0 bridgehead atoms. The maximum absolute atomic E-state index is 12.2. The Hall–Kier alpha value is -0.540. The SMILES string of the molecule is CCS(=O)(=O)N1C[C@H](OCc2csc(C)n2)[C@@H]2COC[C@@H]21. The maximum atomic E-state index is 12.2. The summed E-state index contributed by atoms with van der Waals surface area (Å²) in [6.45, 7) is 5.53. The van der Waals surface area contributed by atoms with Gasteiger partial charge in [0.05, 0.1) is 48.4 Å². The van der Waals surface area contributed by atoms with Crippen LogP contribution in [0, 0.1) is 12.8 Å². The van der Waals surface area contributed by atoms with E-state index in [-0.39, 0.29) is 23.8 Å². The fraction of sp³-hybridized carbons (Fsp3) is 0.769. The van der Waals surface area contributed by atoms with Crippen LogP contribution in [-0.4, -0.2) is 55.4 Å². The van der Waals surface area contributed by atoms with Crippen molar-refractivity contribution in [3.05, 3.63) is 16.1 Å². The first-order valence-corrected chi connectivity index (χ1v) is 9.60. The predicted molar refractivity (Wildman–Crippen MR) is 79.7 cm³/mol. The highest BCUT2D eigenvalue weighted by Gasteiger charge is 2.50. The largest absolute Gasteiger partial charge is 0.379 e. The molecule has 2 aliphatic heterocycles. The molecule has 2 aliphatic rings. The first kappa shape index (κ1) is 15.4. The monoisotopic (exact) mass is 332 g/mol. The molecule has 21 heavy (non-hydrogen) atoms. The molecule has 118 valence electrons. The zero-order chi connectivity index (χ0) is 15.0. The molecule has 0 amide bonds. The zero-order valence-corrected chi connectivity index (χ0v) is 13.8. The van der Waals surface area contributed by atoms with Crippen molar-refractivity contribution < 1.29 is 17.9 Å². The summed E-state index contributed by atoms with van der Waals surface area (Å²) < 4.78 is 37.3. The minimum Gasteiger partial charge on any atom is -0.379 e. The van der Waals surface area contributed by atoms with Crippen molar-refractivity contribution in [2.75, 3.05) is 25.5 Å². The van der Waals surface area contributed by atoms with Crippen LogP contribution in [0.4, 0.5) is 0 Å². The number of rotatable bonds is 5. The predicted octanol–water partition coefficient (Wildman–Crippen LogP) is 1.02. The lowest BCUT2D eigenvalue weighted by molar-refractivity contribution is 0.0114. The molecule has 0 aromatic carbocycles. The van der Waals surface area contributed by atoms with Crippen LogP contribution in [0.1, 0.15) is 17.6 Å². The number of hydrogen-bond donors (Lipinski definition) is 0. The molecule has 0 radical (unpaired) electrons. The molecular formula is C13H20N2O4S2. The average molecular weight is 332 g/mol. The second-order valence-electron chi connectivity index (χ2n) is 5.45.